The molecule has 1 atom stereocenters. The van der Waals surface area contributed by atoms with Gasteiger partial charge in [-0.15, -0.1) is 0 Å². The van der Waals surface area contributed by atoms with Crippen molar-refractivity contribution in [2.24, 2.45) is 7.05 Å². The lowest BCUT2D eigenvalue weighted by atomic mass is 9.96. The number of hydrogen-bond donors (Lipinski definition) is 1. The molecule has 1 unspecified atom stereocenters. The second-order valence-electron chi connectivity index (χ2n) is 5.86. The molecule has 8 heteroatoms. The van der Waals surface area contributed by atoms with Crippen LogP contribution in [0.4, 0.5) is 23.8 Å². The summed E-state index contributed by atoms with van der Waals surface area (Å²) in [6.07, 6.45) is -2.01. The van der Waals surface area contributed by atoms with E-state index in [1.165, 1.54) is 12.1 Å². The van der Waals surface area contributed by atoms with E-state index in [-0.39, 0.29) is 11.9 Å². The van der Waals surface area contributed by atoms with Crippen LogP contribution in [0.1, 0.15) is 23.5 Å². The fourth-order valence-corrected chi connectivity index (χ4v) is 2.86. The molecule has 5 nitrogen and oxygen atoms in total. The number of benzene rings is 1. The number of nitrogens with zero attached hydrogens (tertiary/aromatic N) is 3. The molecule has 0 radical (unpaired) electrons. The van der Waals surface area contributed by atoms with Crippen LogP contribution < -0.4 is 5.32 Å². The molecule has 0 bridgehead atoms. The van der Waals surface area contributed by atoms with Gasteiger partial charge in [0, 0.05) is 38.3 Å². The highest BCUT2D eigenvalue weighted by molar-refractivity contribution is 5.88. The van der Waals surface area contributed by atoms with Crippen LogP contribution in [0.3, 0.4) is 0 Å². The third-order valence-corrected chi connectivity index (χ3v) is 4.11. The number of aryl methyl sites for hydroxylation is 1. The quantitative estimate of drug-likeness (QED) is 0.912. The number of amides is 2. The van der Waals surface area contributed by atoms with Crippen molar-refractivity contribution in [2.75, 3.05) is 18.4 Å². The average molecular weight is 338 g/mol. The summed E-state index contributed by atoms with van der Waals surface area (Å²) in [5, 5.41) is 6.76. The van der Waals surface area contributed by atoms with Crippen LogP contribution in [0.2, 0.25) is 0 Å². The molecule has 1 saturated heterocycles. The van der Waals surface area contributed by atoms with Gasteiger partial charge >= 0.3 is 12.2 Å². The van der Waals surface area contributed by atoms with Crippen molar-refractivity contribution in [2.45, 2.75) is 18.5 Å². The van der Waals surface area contributed by atoms with Crippen molar-refractivity contribution >= 4 is 11.8 Å². The Balaban J connectivity index is 1.66. The molecular formula is C16H17F3N4O. The van der Waals surface area contributed by atoms with Gasteiger partial charge in [0.1, 0.15) is 0 Å². The van der Waals surface area contributed by atoms with Gasteiger partial charge in [-0.1, -0.05) is 18.2 Å². The number of carbonyl (C=O) groups is 1. The van der Waals surface area contributed by atoms with Gasteiger partial charge in [0.05, 0.1) is 5.56 Å². The molecule has 0 spiro atoms. The predicted molar refractivity (Wildman–Crippen MR) is 82.6 cm³/mol. The lowest BCUT2D eigenvalue weighted by Crippen LogP contribution is -2.33. The summed E-state index contributed by atoms with van der Waals surface area (Å²) < 4.78 is 40.0. The van der Waals surface area contributed by atoms with E-state index in [1.807, 2.05) is 0 Å². The number of hydrogen-bond acceptors (Lipinski definition) is 2. The minimum absolute atomic E-state index is 0.0956. The molecule has 2 heterocycles. The number of carbonyl (C=O) groups excluding carboxylic acids is 1. The van der Waals surface area contributed by atoms with E-state index >= 15 is 0 Å². The van der Waals surface area contributed by atoms with Crippen LogP contribution in [0.15, 0.2) is 36.5 Å². The SMILES string of the molecule is Cn1ccc(NC(=O)N2CCC(c3cccc(C(F)(F)F)c3)C2)n1. The Morgan fingerprint density at radius 3 is 2.79 bits per heavy atom. The number of urea groups is 1. The Morgan fingerprint density at radius 1 is 1.33 bits per heavy atom. The van der Waals surface area contributed by atoms with E-state index in [4.69, 9.17) is 0 Å². The lowest BCUT2D eigenvalue weighted by molar-refractivity contribution is -0.137. The first-order valence-electron chi connectivity index (χ1n) is 7.55. The molecule has 1 aliphatic rings. The summed E-state index contributed by atoms with van der Waals surface area (Å²) in [4.78, 5) is 13.8. The molecule has 1 fully saturated rings. The highest BCUT2D eigenvalue weighted by Crippen LogP contribution is 2.33. The molecule has 1 aromatic carbocycles. The summed E-state index contributed by atoms with van der Waals surface area (Å²) in [7, 11) is 1.75. The van der Waals surface area contributed by atoms with Gasteiger partial charge in [-0.25, -0.2) is 4.79 Å². The standard InChI is InChI=1S/C16H17F3N4O/c1-22-7-6-14(21-22)20-15(24)23-8-5-12(10-23)11-3-2-4-13(9-11)16(17,18)19/h2-4,6-7,9,12H,5,8,10H2,1H3,(H,20,21,24). The summed E-state index contributed by atoms with van der Waals surface area (Å²) >= 11 is 0. The highest BCUT2D eigenvalue weighted by Gasteiger charge is 2.32. The van der Waals surface area contributed by atoms with Crippen LogP contribution in [0, 0.1) is 0 Å². The van der Waals surface area contributed by atoms with Crippen molar-refractivity contribution in [3.8, 4) is 0 Å². The van der Waals surface area contributed by atoms with Crippen LogP contribution in [0.5, 0.6) is 0 Å². The second kappa shape index (κ2) is 6.18. The zero-order valence-corrected chi connectivity index (χ0v) is 13.0. The Hall–Kier alpha value is -2.51. The molecule has 2 amide bonds. The topological polar surface area (TPSA) is 50.2 Å². The number of rotatable bonds is 2. The first kappa shape index (κ1) is 16.4. The van der Waals surface area contributed by atoms with Crippen molar-refractivity contribution < 1.29 is 18.0 Å². The fourth-order valence-electron chi connectivity index (χ4n) is 2.86. The van der Waals surface area contributed by atoms with E-state index < -0.39 is 11.7 Å². The van der Waals surface area contributed by atoms with Crippen LogP contribution in [-0.2, 0) is 13.2 Å². The van der Waals surface area contributed by atoms with Crippen LogP contribution >= 0.6 is 0 Å². The maximum Gasteiger partial charge on any atom is 0.416 e. The van der Waals surface area contributed by atoms with Gasteiger partial charge < -0.3 is 4.90 Å². The maximum atomic E-state index is 12.8. The van der Waals surface area contributed by atoms with Crippen LogP contribution in [0.25, 0.3) is 0 Å². The number of anilines is 1. The fraction of sp³-hybridized carbons (Fsp3) is 0.375. The minimum atomic E-state index is -4.36. The third-order valence-electron chi connectivity index (χ3n) is 4.11. The monoisotopic (exact) mass is 338 g/mol. The summed E-state index contributed by atoms with van der Waals surface area (Å²) in [6, 6.07) is 6.71. The van der Waals surface area contributed by atoms with E-state index in [9.17, 15) is 18.0 Å². The molecule has 0 aliphatic carbocycles. The van der Waals surface area contributed by atoms with Gasteiger partial charge in [0.15, 0.2) is 5.82 Å². The first-order chi connectivity index (χ1) is 11.3. The molecule has 1 aromatic heterocycles. The van der Waals surface area contributed by atoms with Gasteiger partial charge in [-0.05, 0) is 18.1 Å². The molecule has 1 N–H and O–H groups in total. The molecule has 2 aromatic rings. The summed E-state index contributed by atoms with van der Waals surface area (Å²) in [5.74, 6) is 0.354. The average Bonchev–Trinajstić information content (AvgIpc) is 3.16. The molecule has 128 valence electrons. The Labute approximate surface area is 137 Å². The number of aromatic nitrogens is 2. The number of halogens is 3. The van der Waals surface area contributed by atoms with Crippen molar-refractivity contribution in [3.63, 3.8) is 0 Å². The van der Waals surface area contributed by atoms with Gasteiger partial charge in [-0.3, -0.25) is 10.00 Å². The predicted octanol–water partition coefficient (Wildman–Crippen LogP) is 3.46. The Bertz CT molecular complexity index is 741. The van der Waals surface area contributed by atoms with E-state index in [2.05, 4.69) is 10.4 Å². The van der Waals surface area contributed by atoms with E-state index in [1.54, 1.807) is 35.0 Å². The number of nitrogens with one attached hydrogen (secondary N) is 1. The second-order valence-corrected chi connectivity index (χ2v) is 5.86. The Kier molecular flexibility index (Phi) is 4.21. The molecular weight excluding hydrogens is 321 g/mol. The van der Waals surface area contributed by atoms with Gasteiger partial charge in [0.2, 0.25) is 0 Å². The van der Waals surface area contributed by atoms with Crippen molar-refractivity contribution in [3.05, 3.63) is 47.7 Å². The summed E-state index contributed by atoms with van der Waals surface area (Å²) in [5.41, 5.74) is -0.0469. The smallest absolute Gasteiger partial charge is 0.324 e. The van der Waals surface area contributed by atoms with Crippen molar-refractivity contribution in [1.82, 2.24) is 14.7 Å². The van der Waals surface area contributed by atoms with Gasteiger partial charge in [-0.2, -0.15) is 18.3 Å². The normalized spacial score (nSPS) is 18.0. The zero-order chi connectivity index (χ0) is 17.3. The Morgan fingerprint density at radius 2 is 2.12 bits per heavy atom. The van der Waals surface area contributed by atoms with E-state index in [0.717, 1.165) is 6.07 Å². The summed E-state index contributed by atoms with van der Waals surface area (Å²) in [6.45, 7) is 0.888. The highest BCUT2D eigenvalue weighted by atomic mass is 19.4. The van der Waals surface area contributed by atoms with Crippen LogP contribution in [-0.4, -0.2) is 33.8 Å². The molecule has 0 saturated carbocycles. The third kappa shape index (κ3) is 3.52. The molecule has 1 aliphatic heterocycles. The first-order valence-corrected chi connectivity index (χ1v) is 7.55. The molecule has 24 heavy (non-hydrogen) atoms. The maximum absolute atomic E-state index is 12.8. The molecule has 3 rings (SSSR count). The van der Waals surface area contributed by atoms with Gasteiger partial charge in [0.25, 0.3) is 0 Å². The zero-order valence-electron chi connectivity index (χ0n) is 13.0. The largest absolute Gasteiger partial charge is 0.416 e. The number of likely N-dealkylation sites (tertiary alicyclic amines) is 1. The van der Waals surface area contributed by atoms with E-state index in [0.29, 0.717) is 30.9 Å². The van der Waals surface area contributed by atoms with Crippen molar-refractivity contribution in [1.29, 1.82) is 0 Å². The lowest BCUT2D eigenvalue weighted by Gasteiger charge is -2.17. The minimum Gasteiger partial charge on any atom is -0.324 e. The number of alkyl halides is 3.